The van der Waals surface area contributed by atoms with Crippen molar-refractivity contribution in [2.75, 3.05) is 13.1 Å². The van der Waals surface area contributed by atoms with Crippen molar-refractivity contribution in [1.29, 1.82) is 0 Å². The summed E-state index contributed by atoms with van der Waals surface area (Å²) in [5.74, 6) is 1.11. The summed E-state index contributed by atoms with van der Waals surface area (Å²) in [4.78, 5) is 4.39. The van der Waals surface area contributed by atoms with Crippen LogP contribution in [-0.2, 0) is 11.3 Å². The Hall–Kier alpha value is -1.24. The van der Waals surface area contributed by atoms with Crippen molar-refractivity contribution in [3.8, 4) is 11.4 Å². The number of rotatable bonds is 4. The fourth-order valence-electron chi connectivity index (χ4n) is 2.12. The summed E-state index contributed by atoms with van der Waals surface area (Å²) in [7, 11) is 0. The minimum atomic E-state index is -0.109. The molecular formula is C14H16BrN3O2. The van der Waals surface area contributed by atoms with Gasteiger partial charge in [0, 0.05) is 23.1 Å². The molecule has 0 radical (unpaired) electrons. The largest absolute Gasteiger partial charge is 0.363 e. The van der Waals surface area contributed by atoms with Crippen molar-refractivity contribution in [3.63, 3.8) is 0 Å². The van der Waals surface area contributed by atoms with Crippen LogP contribution in [0, 0.1) is 6.92 Å². The van der Waals surface area contributed by atoms with Gasteiger partial charge in [-0.2, -0.15) is 4.98 Å². The van der Waals surface area contributed by atoms with Crippen LogP contribution in [0.3, 0.4) is 0 Å². The average molecular weight is 338 g/mol. The predicted octanol–water partition coefficient (Wildman–Crippen LogP) is 2.69. The first-order valence-electron chi connectivity index (χ1n) is 6.50. The van der Waals surface area contributed by atoms with Crippen molar-refractivity contribution in [2.24, 2.45) is 0 Å². The first kappa shape index (κ1) is 13.7. The summed E-state index contributed by atoms with van der Waals surface area (Å²) in [5, 5.41) is 7.21. The standard InChI is InChI=1S/C14H16BrN3O2/c1-9-5-10(15)3-4-11(9)13-17-12(20-18-13)6-19-14(2)7-16-8-14/h3-5,16H,6-8H2,1-2H3. The van der Waals surface area contributed by atoms with Crippen LogP contribution >= 0.6 is 15.9 Å². The van der Waals surface area contributed by atoms with Crippen LogP contribution in [0.1, 0.15) is 18.4 Å². The van der Waals surface area contributed by atoms with Crippen LogP contribution in [0.25, 0.3) is 11.4 Å². The monoisotopic (exact) mass is 337 g/mol. The Bertz CT molecular complexity index is 623. The Kier molecular flexibility index (Phi) is 3.62. The summed E-state index contributed by atoms with van der Waals surface area (Å²) in [6, 6.07) is 5.98. The molecule has 0 unspecified atom stereocenters. The minimum absolute atomic E-state index is 0.109. The van der Waals surface area contributed by atoms with Crippen LogP contribution in [0.5, 0.6) is 0 Å². The topological polar surface area (TPSA) is 60.2 Å². The van der Waals surface area contributed by atoms with E-state index >= 15 is 0 Å². The second-order valence-electron chi connectivity index (χ2n) is 5.31. The van der Waals surface area contributed by atoms with Gasteiger partial charge < -0.3 is 14.6 Å². The van der Waals surface area contributed by atoms with Gasteiger partial charge >= 0.3 is 0 Å². The Labute approximate surface area is 125 Å². The van der Waals surface area contributed by atoms with E-state index in [2.05, 4.69) is 38.3 Å². The molecule has 106 valence electrons. The maximum atomic E-state index is 5.78. The van der Waals surface area contributed by atoms with Gasteiger partial charge in [-0.05, 0) is 37.6 Å². The Balaban J connectivity index is 1.72. The molecule has 0 atom stereocenters. The van der Waals surface area contributed by atoms with E-state index in [9.17, 15) is 0 Å². The highest BCUT2D eigenvalue weighted by atomic mass is 79.9. The lowest BCUT2D eigenvalue weighted by Crippen LogP contribution is -2.58. The van der Waals surface area contributed by atoms with Gasteiger partial charge in [-0.25, -0.2) is 0 Å². The summed E-state index contributed by atoms with van der Waals surface area (Å²) in [5.41, 5.74) is 1.96. The zero-order valence-corrected chi connectivity index (χ0v) is 13.0. The highest BCUT2D eigenvalue weighted by molar-refractivity contribution is 9.10. The quantitative estimate of drug-likeness (QED) is 0.929. The number of benzene rings is 1. The van der Waals surface area contributed by atoms with Crippen molar-refractivity contribution >= 4 is 15.9 Å². The highest BCUT2D eigenvalue weighted by Gasteiger charge is 2.33. The molecule has 1 fully saturated rings. The van der Waals surface area contributed by atoms with Gasteiger partial charge in [0.25, 0.3) is 5.89 Å². The Morgan fingerprint density at radius 3 is 2.90 bits per heavy atom. The first-order valence-corrected chi connectivity index (χ1v) is 7.29. The number of nitrogens with zero attached hydrogens (tertiary/aromatic N) is 2. The SMILES string of the molecule is Cc1cc(Br)ccc1-c1noc(COC2(C)CNC2)n1. The second-order valence-corrected chi connectivity index (χ2v) is 6.23. The van der Waals surface area contributed by atoms with E-state index in [1.807, 2.05) is 25.1 Å². The molecule has 6 heteroatoms. The number of hydrogen-bond donors (Lipinski definition) is 1. The molecule has 0 bridgehead atoms. The average Bonchev–Trinajstić information content (AvgIpc) is 2.82. The summed E-state index contributed by atoms with van der Waals surface area (Å²) in [6.07, 6.45) is 0. The molecular weight excluding hydrogens is 322 g/mol. The molecule has 0 aliphatic carbocycles. The smallest absolute Gasteiger partial charge is 0.252 e. The van der Waals surface area contributed by atoms with Gasteiger partial charge in [0.15, 0.2) is 0 Å². The maximum absolute atomic E-state index is 5.78. The molecule has 0 amide bonds. The third-order valence-corrected chi connectivity index (χ3v) is 3.93. The van der Waals surface area contributed by atoms with E-state index in [1.54, 1.807) is 0 Å². The number of aryl methyl sites for hydroxylation is 1. The van der Waals surface area contributed by atoms with Crippen molar-refractivity contribution in [3.05, 3.63) is 34.1 Å². The first-order chi connectivity index (χ1) is 9.56. The number of nitrogens with one attached hydrogen (secondary N) is 1. The molecule has 1 aliphatic heterocycles. The Morgan fingerprint density at radius 1 is 1.45 bits per heavy atom. The van der Waals surface area contributed by atoms with Gasteiger partial charge in [-0.3, -0.25) is 0 Å². The molecule has 1 N–H and O–H groups in total. The molecule has 1 aromatic heterocycles. The normalized spacial score (nSPS) is 16.9. The molecule has 0 spiro atoms. The molecule has 0 saturated carbocycles. The molecule has 2 aromatic rings. The van der Waals surface area contributed by atoms with E-state index in [4.69, 9.17) is 9.26 Å². The van der Waals surface area contributed by atoms with Crippen LogP contribution in [-0.4, -0.2) is 28.8 Å². The molecule has 2 heterocycles. The number of ether oxygens (including phenoxy) is 1. The van der Waals surface area contributed by atoms with E-state index < -0.39 is 0 Å². The lowest BCUT2D eigenvalue weighted by Gasteiger charge is -2.38. The number of aromatic nitrogens is 2. The van der Waals surface area contributed by atoms with Crippen LogP contribution in [0.4, 0.5) is 0 Å². The van der Waals surface area contributed by atoms with Gasteiger partial charge in [0.2, 0.25) is 5.82 Å². The summed E-state index contributed by atoms with van der Waals surface area (Å²) >= 11 is 3.44. The third kappa shape index (κ3) is 2.77. The lowest BCUT2D eigenvalue weighted by atomic mass is 10.0. The van der Waals surface area contributed by atoms with Crippen LogP contribution in [0.2, 0.25) is 0 Å². The van der Waals surface area contributed by atoms with E-state index in [-0.39, 0.29) is 5.60 Å². The van der Waals surface area contributed by atoms with Crippen LogP contribution < -0.4 is 5.32 Å². The third-order valence-electron chi connectivity index (χ3n) is 3.44. The molecule has 20 heavy (non-hydrogen) atoms. The van der Waals surface area contributed by atoms with E-state index in [0.29, 0.717) is 18.3 Å². The van der Waals surface area contributed by atoms with Gasteiger partial charge in [-0.15, -0.1) is 0 Å². The molecule has 1 aliphatic rings. The zero-order valence-electron chi connectivity index (χ0n) is 11.4. The molecule has 5 nitrogen and oxygen atoms in total. The lowest BCUT2D eigenvalue weighted by molar-refractivity contribution is -0.0841. The van der Waals surface area contributed by atoms with Crippen molar-refractivity contribution in [2.45, 2.75) is 26.1 Å². The van der Waals surface area contributed by atoms with E-state index in [1.165, 1.54) is 0 Å². The highest BCUT2D eigenvalue weighted by Crippen LogP contribution is 2.24. The summed E-state index contributed by atoms with van der Waals surface area (Å²) < 4.78 is 12.1. The van der Waals surface area contributed by atoms with Crippen LogP contribution in [0.15, 0.2) is 27.2 Å². The van der Waals surface area contributed by atoms with E-state index in [0.717, 1.165) is 28.7 Å². The number of halogens is 1. The van der Waals surface area contributed by atoms with Gasteiger partial charge in [0.1, 0.15) is 6.61 Å². The van der Waals surface area contributed by atoms with Crippen molar-refractivity contribution in [1.82, 2.24) is 15.5 Å². The molecule has 1 aromatic carbocycles. The van der Waals surface area contributed by atoms with Gasteiger partial charge in [-0.1, -0.05) is 21.1 Å². The van der Waals surface area contributed by atoms with Crippen molar-refractivity contribution < 1.29 is 9.26 Å². The Morgan fingerprint density at radius 2 is 2.25 bits per heavy atom. The van der Waals surface area contributed by atoms with Gasteiger partial charge in [0.05, 0.1) is 5.60 Å². The minimum Gasteiger partial charge on any atom is -0.363 e. The fourth-order valence-corrected chi connectivity index (χ4v) is 2.59. The molecule has 1 saturated heterocycles. The molecule has 3 rings (SSSR count). The maximum Gasteiger partial charge on any atom is 0.252 e. The summed E-state index contributed by atoms with van der Waals surface area (Å²) in [6.45, 7) is 6.16. The zero-order chi connectivity index (χ0) is 14.2. The predicted molar refractivity (Wildman–Crippen MR) is 78.2 cm³/mol. The fraction of sp³-hybridized carbons (Fsp3) is 0.429. The number of hydrogen-bond acceptors (Lipinski definition) is 5. The second kappa shape index (κ2) is 5.27.